The van der Waals surface area contributed by atoms with Crippen molar-refractivity contribution >= 4 is 17.2 Å². The summed E-state index contributed by atoms with van der Waals surface area (Å²) in [6.07, 6.45) is 0.110. The number of fused-ring (bicyclic) bond motifs is 1. The molecule has 1 aromatic heterocycles. The molecule has 7 heteroatoms. The molecule has 0 spiro atoms. The third kappa shape index (κ3) is 4.67. The Hall–Kier alpha value is -1.86. The van der Waals surface area contributed by atoms with E-state index in [1.165, 1.54) is 22.6 Å². The minimum atomic E-state index is -4.31. The molecule has 0 saturated carbocycles. The topological polar surface area (TPSA) is 23.6 Å². The van der Waals surface area contributed by atoms with E-state index in [-0.39, 0.29) is 11.9 Å². The van der Waals surface area contributed by atoms with Crippen LogP contribution in [0.15, 0.2) is 35.7 Å². The molecule has 2 aliphatic heterocycles. The van der Waals surface area contributed by atoms with Gasteiger partial charge in [-0.2, -0.15) is 13.2 Å². The number of piperidine rings is 1. The van der Waals surface area contributed by atoms with Crippen LogP contribution >= 0.6 is 11.3 Å². The number of alkyl halides is 3. The fraction of sp³-hybridized carbons (Fsp3) is 0.500. The Labute approximate surface area is 173 Å². The van der Waals surface area contributed by atoms with Crippen LogP contribution in [0, 0.1) is 0 Å². The summed E-state index contributed by atoms with van der Waals surface area (Å²) >= 11 is 1.76. The summed E-state index contributed by atoms with van der Waals surface area (Å²) in [5.41, 5.74) is 1.55. The van der Waals surface area contributed by atoms with Crippen molar-refractivity contribution in [3.8, 4) is 0 Å². The lowest BCUT2D eigenvalue weighted by Crippen LogP contribution is -2.39. The van der Waals surface area contributed by atoms with Crippen LogP contribution in [0.1, 0.15) is 53.3 Å². The monoisotopic (exact) mass is 422 g/mol. The zero-order valence-corrected chi connectivity index (χ0v) is 17.1. The van der Waals surface area contributed by atoms with Crippen LogP contribution in [0.2, 0.25) is 0 Å². The first kappa shape index (κ1) is 20.4. The van der Waals surface area contributed by atoms with Crippen molar-refractivity contribution in [2.75, 3.05) is 19.6 Å². The first-order valence-corrected chi connectivity index (χ1v) is 11.0. The number of nitrogens with zero attached hydrogens (tertiary/aromatic N) is 2. The number of hydrogen-bond acceptors (Lipinski definition) is 3. The standard InChI is InChI=1S/C22H25F3N2OS/c23-22(24,25)18-6-4-16(5-7-18)19-3-1-2-11-26(19)13-9-21(28)27-12-8-20-17(15-27)10-14-29-20/h4-7,10,14,19H,1-3,8-9,11-13,15H2. The molecule has 3 heterocycles. The van der Waals surface area contributed by atoms with E-state index in [4.69, 9.17) is 0 Å². The molecule has 0 N–H and O–H groups in total. The molecule has 1 saturated heterocycles. The number of rotatable bonds is 4. The molecule has 4 rings (SSSR count). The molecule has 1 atom stereocenters. The van der Waals surface area contributed by atoms with E-state index in [1.54, 1.807) is 23.5 Å². The smallest absolute Gasteiger partial charge is 0.338 e. The predicted molar refractivity (Wildman–Crippen MR) is 108 cm³/mol. The van der Waals surface area contributed by atoms with Gasteiger partial charge in [0, 0.05) is 37.0 Å². The van der Waals surface area contributed by atoms with Crippen molar-refractivity contribution in [2.24, 2.45) is 0 Å². The summed E-state index contributed by atoms with van der Waals surface area (Å²) in [5, 5.41) is 2.08. The van der Waals surface area contributed by atoms with Crippen molar-refractivity contribution in [1.29, 1.82) is 0 Å². The molecule has 2 aliphatic rings. The first-order valence-electron chi connectivity index (χ1n) is 10.2. The van der Waals surface area contributed by atoms with Crippen molar-refractivity contribution in [3.05, 3.63) is 57.3 Å². The van der Waals surface area contributed by atoms with Gasteiger partial charge in [-0.05, 0) is 60.5 Å². The van der Waals surface area contributed by atoms with Crippen molar-refractivity contribution in [2.45, 2.75) is 50.9 Å². The normalized spacial score (nSPS) is 20.5. The number of carbonyl (C=O) groups is 1. The fourth-order valence-corrected chi connectivity index (χ4v) is 5.28. The fourth-order valence-electron chi connectivity index (χ4n) is 4.39. The number of carbonyl (C=O) groups excluding carboxylic acids is 1. The van der Waals surface area contributed by atoms with Gasteiger partial charge in [0.2, 0.25) is 5.91 Å². The molecule has 2 aromatic rings. The summed E-state index contributed by atoms with van der Waals surface area (Å²) in [5.74, 6) is 0.165. The van der Waals surface area contributed by atoms with Crippen LogP contribution in [0.5, 0.6) is 0 Å². The van der Waals surface area contributed by atoms with Crippen LogP contribution in [0.4, 0.5) is 13.2 Å². The summed E-state index contributed by atoms with van der Waals surface area (Å²) in [7, 11) is 0. The van der Waals surface area contributed by atoms with Crippen molar-refractivity contribution < 1.29 is 18.0 Å². The number of amides is 1. The van der Waals surface area contributed by atoms with E-state index in [9.17, 15) is 18.0 Å². The lowest BCUT2D eigenvalue weighted by Gasteiger charge is -2.36. The van der Waals surface area contributed by atoms with Gasteiger partial charge in [-0.3, -0.25) is 9.69 Å². The van der Waals surface area contributed by atoms with E-state index in [2.05, 4.69) is 16.3 Å². The molecule has 0 radical (unpaired) electrons. The van der Waals surface area contributed by atoms with Gasteiger partial charge < -0.3 is 4.90 Å². The second kappa shape index (κ2) is 8.48. The van der Waals surface area contributed by atoms with E-state index >= 15 is 0 Å². The highest BCUT2D eigenvalue weighted by atomic mass is 32.1. The molecule has 3 nitrogen and oxygen atoms in total. The molecule has 1 aromatic carbocycles. The maximum Gasteiger partial charge on any atom is 0.416 e. The predicted octanol–water partition coefficient (Wildman–Crippen LogP) is 5.27. The second-order valence-electron chi connectivity index (χ2n) is 7.85. The largest absolute Gasteiger partial charge is 0.416 e. The molecule has 1 unspecified atom stereocenters. The summed E-state index contributed by atoms with van der Waals surface area (Å²) in [6, 6.07) is 7.71. The SMILES string of the molecule is O=C(CCN1CCCCC1c1ccc(C(F)(F)F)cc1)N1CCc2sccc2C1. The van der Waals surface area contributed by atoms with Crippen LogP contribution in [-0.2, 0) is 23.9 Å². The van der Waals surface area contributed by atoms with Gasteiger partial charge in [-0.15, -0.1) is 11.3 Å². The van der Waals surface area contributed by atoms with Crippen LogP contribution in [0.25, 0.3) is 0 Å². The Morgan fingerprint density at radius 1 is 1.10 bits per heavy atom. The maximum absolute atomic E-state index is 12.8. The average Bonchev–Trinajstić information content (AvgIpc) is 3.19. The van der Waals surface area contributed by atoms with Gasteiger partial charge >= 0.3 is 6.18 Å². The Kier molecular flexibility index (Phi) is 5.97. The molecule has 29 heavy (non-hydrogen) atoms. The molecule has 0 bridgehead atoms. The molecule has 0 aliphatic carbocycles. The highest BCUT2D eigenvalue weighted by Gasteiger charge is 2.31. The Morgan fingerprint density at radius 2 is 1.90 bits per heavy atom. The quantitative estimate of drug-likeness (QED) is 0.670. The number of likely N-dealkylation sites (tertiary alicyclic amines) is 1. The number of thiophene rings is 1. The van der Waals surface area contributed by atoms with E-state index in [1.807, 2.05) is 4.90 Å². The highest BCUT2D eigenvalue weighted by molar-refractivity contribution is 7.10. The molecule has 156 valence electrons. The number of halogens is 3. The number of hydrogen-bond donors (Lipinski definition) is 0. The zero-order chi connectivity index (χ0) is 20.4. The summed E-state index contributed by atoms with van der Waals surface area (Å²) in [6.45, 7) is 3.00. The van der Waals surface area contributed by atoms with Gasteiger partial charge in [0.05, 0.1) is 5.56 Å². The van der Waals surface area contributed by atoms with E-state index in [0.29, 0.717) is 19.5 Å². The minimum absolute atomic E-state index is 0.0867. The third-order valence-corrected chi connectivity index (χ3v) is 7.03. The van der Waals surface area contributed by atoms with Crippen LogP contribution < -0.4 is 0 Å². The first-order chi connectivity index (χ1) is 13.9. The van der Waals surface area contributed by atoms with Gasteiger partial charge in [0.15, 0.2) is 0 Å². The third-order valence-electron chi connectivity index (χ3n) is 6.01. The van der Waals surface area contributed by atoms with Gasteiger partial charge in [0.1, 0.15) is 0 Å². The second-order valence-corrected chi connectivity index (χ2v) is 8.85. The Morgan fingerprint density at radius 3 is 2.66 bits per heavy atom. The molecule has 1 fully saturated rings. The van der Waals surface area contributed by atoms with Gasteiger partial charge in [-0.1, -0.05) is 18.6 Å². The van der Waals surface area contributed by atoms with Crippen LogP contribution in [-0.4, -0.2) is 35.3 Å². The van der Waals surface area contributed by atoms with Crippen molar-refractivity contribution in [1.82, 2.24) is 9.80 Å². The van der Waals surface area contributed by atoms with E-state index in [0.717, 1.165) is 44.3 Å². The maximum atomic E-state index is 12.8. The van der Waals surface area contributed by atoms with Crippen molar-refractivity contribution in [3.63, 3.8) is 0 Å². The Balaban J connectivity index is 1.37. The van der Waals surface area contributed by atoms with Gasteiger partial charge in [-0.25, -0.2) is 0 Å². The molecular formula is C22H25F3N2OS. The number of benzene rings is 1. The average molecular weight is 423 g/mol. The lowest BCUT2D eigenvalue weighted by atomic mass is 9.94. The minimum Gasteiger partial charge on any atom is -0.338 e. The van der Waals surface area contributed by atoms with Crippen LogP contribution in [0.3, 0.4) is 0 Å². The van der Waals surface area contributed by atoms with E-state index < -0.39 is 11.7 Å². The zero-order valence-electron chi connectivity index (χ0n) is 16.3. The molecule has 1 amide bonds. The molecular weight excluding hydrogens is 397 g/mol. The Bertz CT molecular complexity index is 846. The highest BCUT2D eigenvalue weighted by Crippen LogP contribution is 2.34. The summed E-state index contributed by atoms with van der Waals surface area (Å²) in [4.78, 5) is 18.3. The summed E-state index contributed by atoms with van der Waals surface area (Å²) < 4.78 is 38.5. The lowest BCUT2D eigenvalue weighted by molar-refractivity contribution is -0.137. The van der Waals surface area contributed by atoms with Gasteiger partial charge in [0.25, 0.3) is 0 Å².